The summed E-state index contributed by atoms with van der Waals surface area (Å²) in [6.45, 7) is 0. The fraction of sp³-hybridized carbons (Fsp3) is 0. The average molecular weight is 661 g/mol. The number of fused-ring (bicyclic) bond motifs is 4. The molecule has 0 bridgehead atoms. The molecule has 0 amide bonds. The monoisotopic (exact) mass is 660 g/mol. The number of nitriles is 1. The third-order valence-electron chi connectivity index (χ3n) is 10.1. The number of nitrogens with zero attached hydrogens (tertiary/aromatic N) is 4. The van der Waals surface area contributed by atoms with Crippen LogP contribution in [0.2, 0.25) is 0 Å². The van der Waals surface area contributed by atoms with E-state index in [2.05, 4.69) is 97.1 Å². The molecule has 1 aliphatic carbocycles. The van der Waals surface area contributed by atoms with E-state index in [0.29, 0.717) is 23.0 Å². The quantitative estimate of drug-likeness (QED) is 0.184. The van der Waals surface area contributed by atoms with Crippen molar-refractivity contribution >= 4 is 21.5 Å². The van der Waals surface area contributed by atoms with Gasteiger partial charge in [0, 0.05) is 22.1 Å². The van der Waals surface area contributed by atoms with Gasteiger partial charge in [0.25, 0.3) is 0 Å². The van der Waals surface area contributed by atoms with E-state index in [1.807, 2.05) is 78.9 Å². The minimum Gasteiger partial charge on any atom is -0.208 e. The Morgan fingerprint density at radius 2 is 0.769 bits per heavy atom. The summed E-state index contributed by atoms with van der Waals surface area (Å²) in [5.41, 5.74) is 12.8. The van der Waals surface area contributed by atoms with Gasteiger partial charge in [-0.05, 0) is 72.8 Å². The first-order chi connectivity index (χ1) is 25.7. The predicted molar refractivity (Wildman–Crippen MR) is 211 cm³/mol. The van der Waals surface area contributed by atoms with Crippen molar-refractivity contribution in [2.45, 2.75) is 0 Å². The summed E-state index contributed by atoms with van der Waals surface area (Å²) in [7, 11) is 0. The van der Waals surface area contributed by atoms with Crippen LogP contribution in [0.3, 0.4) is 0 Å². The topological polar surface area (TPSA) is 62.5 Å². The molecule has 0 radical (unpaired) electrons. The van der Waals surface area contributed by atoms with Crippen molar-refractivity contribution in [1.29, 1.82) is 5.26 Å². The minimum atomic E-state index is 0.617. The molecule has 0 N–H and O–H groups in total. The van der Waals surface area contributed by atoms with E-state index in [1.54, 1.807) is 0 Å². The highest BCUT2D eigenvalue weighted by molar-refractivity contribution is 6.23. The molecule has 0 atom stereocenters. The molecule has 4 heteroatoms. The zero-order valence-electron chi connectivity index (χ0n) is 28.0. The van der Waals surface area contributed by atoms with Crippen molar-refractivity contribution in [3.05, 3.63) is 175 Å². The summed E-state index contributed by atoms with van der Waals surface area (Å²) in [5, 5.41) is 14.4. The third-order valence-corrected chi connectivity index (χ3v) is 10.1. The smallest absolute Gasteiger partial charge is 0.164 e. The molecule has 0 spiro atoms. The SMILES string of the molecule is N#Cc1ccc(-c2ccc3c4c(ccc(-c5cccc(-c6nc(-c7ccccc7)nc(-c7ccccc7)n6)c5)c24)-c2ccccc2-3)c2ccccc12. The molecular formula is C48H28N4. The van der Waals surface area contributed by atoms with Gasteiger partial charge in [-0.25, -0.2) is 15.0 Å². The Morgan fingerprint density at radius 3 is 1.38 bits per heavy atom. The maximum absolute atomic E-state index is 9.96. The Bertz CT molecular complexity index is 2820. The van der Waals surface area contributed by atoms with Gasteiger partial charge < -0.3 is 0 Å². The minimum absolute atomic E-state index is 0.617. The Hall–Kier alpha value is -7.22. The largest absolute Gasteiger partial charge is 0.208 e. The van der Waals surface area contributed by atoms with Crippen molar-refractivity contribution in [2.75, 3.05) is 0 Å². The standard InChI is InChI=1S/C48H28N4/c49-29-34-22-23-40(37-19-8-7-18-35(34)37)43-27-26-42-39-21-10-9-20-38(39)41-25-24-36(44(43)45(41)42)32-16-11-17-33(28-32)48-51-46(30-12-3-1-4-13-30)50-47(52-48)31-14-5-2-6-15-31/h1-28H. The molecule has 0 saturated carbocycles. The molecule has 240 valence electrons. The molecule has 0 saturated heterocycles. The van der Waals surface area contributed by atoms with Gasteiger partial charge in [-0.15, -0.1) is 0 Å². The Morgan fingerprint density at radius 1 is 0.327 bits per heavy atom. The lowest BCUT2D eigenvalue weighted by Gasteiger charge is -2.17. The third kappa shape index (κ3) is 4.72. The van der Waals surface area contributed by atoms with Crippen LogP contribution in [0.15, 0.2) is 170 Å². The van der Waals surface area contributed by atoms with Gasteiger partial charge in [-0.3, -0.25) is 0 Å². The van der Waals surface area contributed by atoms with Crippen molar-refractivity contribution in [3.63, 3.8) is 0 Å². The van der Waals surface area contributed by atoms with Gasteiger partial charge in [0.15, 0.2) is 17.5 Å². The molecule has 0 unspecified atom stereocenters. The first-order valence-corrected chi connectivity index (χ1v) is 17.3. The van der Waals surface area contributed by atoms with E-state index in [-0.39, 0.29) is 0 Å². The normalized spacial score (nSPS) is 11.4. The Labute approximate surface area is 301 Å². The molecule has 4 nitrogen and oxygen atoms in total. The molecule has 1 heterocycles. The lowest BCUT2D eigenvalue weighted by Crippen LogP contribution is -2.00. The second-order valence-electron chi connectivity index (χ2n) is 13.1. The fourth-order valence-electron chi connectivity index (χ4n) is 7.76. The highest BCUT2D eigenvalue weighted by Crippen LogP contribution is 2.52. The van der Waals surface area contributed by atoms with Crippen LogP contribution in [0.5, 0.6) is 0 Å². The van der Waals surface area contributed by atoms with E-state index in [4.69, 9.17) is 15.0 Å². The first-order valence-electron chi connectivity index (χ1n) is 17.3. The van der Waals surface area contributed by atoms with E-state index >= 15 is 0 Å². The lowest BCUT2D eigenvalue weighted by atomic mass is 9.86. The van der Waals surface area contributed by atoms with Gasteiger partial charge in [0.05, 0.1) is 11.6 Å². The molecular weight excluding hydrogens is 633 g/mol. The fourth-order valence-corrected chi connectivity index (χ4v) is 7.76. The van der Waals surface area contributed by atoms with Crippen molar-refractivity contribution in [2.24, 2.45) is 0 Å². The summed E-state index contributed by atoms with van der Waals surface area (Å²) in [6, 6.07) is 61.1. The average Bonchev–Trinajstić information content (AvgIpc) is 3.55. The van der Waals surface area contributed by atoms with E-state index in [0.717, 1.165) is 49.7 Å². The predicted octanol–water partition coefficient (Wildman–Crippen LogP) is 12.0. The lowest BCUT2D eigenvalue weighted by molar-refractivity contribution is 1.07. The van der Waals surface area contributed by atoms with E-state index in [1.165, 1.54) is 33.0 Å². The molecule has 10 rings (SSSR count). The highest BCUT2D eigenvalue weighted by atomic mass is 15.0. The van der Waals surface area contributed by atoms with Crippen molar-refractivity contribution in [1.82, 2.24) is 15.0 Å². The van der Waals surface area contributed by atoms with Crippen molar-refractivity contribution in [3.8, 4) is 84.7 Å². The van der Waals surface area contributed by atoms with Crippen LogP contribution in [-0.2, 0) is 0 Å². The molecule has 0 fully saturated rings. The summed E-state index contributed by atoms with van der Waals surface area (Å²) < 4.78 is 0. The Kier molecular flexibility index (Phi) is 6.84. The first kappa shape index (κ1) is 29.7. The van der Waals surface area contributed by atoms with Gasteiger partial charge in [-0.1, -0.05) is 158 Å². The van der Waals surface area contributed by atoms with E-state index < -0.39 is 0 Å². The molecule has 1 aliphatic rings. The van der Waals surface area contributed by atoms with E-state index in [9.17, 15) is 5.26 Å². The summed E-state index contributed by atoms with van der Waals surface area (Å²) >= 11 is 0. The summed E-state index contributed by atoms with van der Waals surface area (Å²) in [4.78, 5) is 15.0. The maximum Gasteiger partial charge on any atom is 0.164 e. The van der Waals surface area contributed by atoms with Crippen LogP contribution in [0.4, 0.5) is 0 Å². The highest BCUT2D eigenvalue weighted by Gasteiger charge is 2.25. The number of hydrogen-bond acceptors (Lipinski definition) is 4. The number of hydrogen-bond donors (Lipinski definition) is 0. The number of rotatable bonds is 5. The maximum atomic E-state index is 9.96. The van der Waals surface area contributed by atoms with Gasteiger partial charge >= 0.3 is 0 Å². The van der Waals surface area contributed by atoms with Gasteiger partial charge in [0.1, 0.15) is 0 Å². The molecule has 0 aliphatic heterocycles. The molecule has 52 heavy (non-hydrogen) atoms. The van der Waals surface area contributed by atoms with Crippen molar-refractivity contribution < 1.29 is 0 Å². The summed E-state index contributed by atoms with van der Waals surface area (Å²) in [6.07, 6.45) is 0. The molecule has 8 aromatic carbocycles. The zero-order chi connectivity index (χ0) is 34.6. The van der Waals surface area contributed by atoms with Crippen LogP contribution in [0, 0.1) is 11.3 Å². The zero-order valence-corrected chi connectivity index (χ0v) is 28.0. The number of benzene rings is 8. The van der Waals surface area contributed by atoms with Crippen LogP contribution in [0.25, 0.3) is 100 Å². The van der Waals surface area contributed by atoms with Gasteiger partial charge in [0.2, 0.25) is 0 Å². The van der Waals surface area contributed by atoms with Crippen LogP contribution in [0.1, 0.15) is 5.56 Å². The van der Waals surface area contributed by atoms with Crippen LogP contribution >= 0.6 is 0 Å². The number of aromatic nitrogens is 3. The van der Waals surface area contributed by atoms with Gasteiger partial charge in [-0.2, -0.15) is 5.26 Å². The molecule has 9 aromatic rings. The van der Waals surface area contributed by atoms with Crippen LogP contribution < -0.4 is 0 Å². The summed E-state index contributed by atoms with van der Waals surface area (Å²) in [5.74, 6) is 1.88. The Balaban J connectivity index is 1.22. The second-order valence-corrected chi connectivity index (χ2v) is 13.1. The second kappa shape index (κ2) is 12.0. The molecule has 1 aromatic heterocycles. The van der Waals surface area contributed by atoms with Crippen LogP contribution in [-0.4, -0.2) is 15.0 Å².